The Labute approximate surface area is 144 Å². The minimum absolute atomic E-state index is 0.685. The maximum atomic E-state index is 5.88. The molecule has 0 aliphatic carbocycles. The average molecular weight is 332 g/mol. The smallest absolute Gasteiger partial charge is 0.191 e. The monoisotopic (exact) mass is 332 g/mol. The first kappa shape index (κ1) is 18.3. The second-order valence-corrected chi connectivity index (χ2v) is 5.55. The number of guanidine groups is 1. The van der Waals surface area contributed by atoms with Gasteiger partial charge in [0.05, 0.1) is 13.2 Å². The minimum atomic E-state index is 0.685. The number of hydrogen-bond donors (Lipinski definition) is 2. The molecule has 1 aliphatic heterocycles. The Morgan fingerprint density at radius 3 is 2.96 bits per heavy atom. The number of hydrogen-bond acceptors (Lipinski definition) is 4. The van der Waals surface area contributed by atoms with Gasteiger partial charge in [-0.05, 0) is 17.7 Å². The van der Waals surface area contributed by atoms with Crippen LogP contribution in [0.1, 0.15) is 5.56 Å². The van der Waals surface area contributed by atoms with E-state index in [1.165, 1.54) is 0 Å². The lowest BCUT2D eigenvalue weighted by atomic mass is 10.2. The van der Waals surface area contributed by atoms with Gasteiger partial charge < -0.3 is 20.1 Å². The van der Waals surface area contributed by atoms with E-state index >= 15 is 0 Å². The highest BCUT2D eigenvalue weighted by molar-refractivity contribution is 5.79. The van der Waals surface area contributed by atoms with E-state index in [1.807, 2.05) is 12.1 Å². The van der Waals surface area contributed by atoms with Crippen LogP contribution in [0.2, 0.25) is 0 Å². The number of aliphatic imine (C=N–C) groups is 1. The summed E-state index contributed by atoms with van der Waals surface area (Å²) in [6, 6.07) is 8.14. The molecule has 1 fully saturated rings. The summed E-state index contributed by atoms with van der Waals surface area (Å²) in [5, 5.41) is 6.42. The molecule has 0 radical (unpaired) electrons. The van der Waals surface area contributed by atoms with Crippen molar-refractivity contribution in [1.29, 1.82) is 0 Å². The van der Waals surface area contributed by atoms with Crippen LogP contribution in [0.25, 0.3) is 0 Å². The molecular weight excluding hydrogens is 304 g/mol. The van der Waals surface area contributed by atoms with Gasteiger partial charge in [-0.3, -0.25) is 9.89 Å². The fraction of sp³-hybridized carbons (Fsp3) is 0.500. The molecule has 1 aliphatic rings. The second-order valence-electron chi connectivity index (χ2n) is 5.55. The summed E-state index contributed by atoms with van der Waals surface area (Å²) in [5.74, 6) is 1.66. The third kappa shape index (κ3) is 6.60. The summed E-state index contributed by atoms with van der Waals surface area (Å²) in [5.41, 5.74) is 1.15. The van der Waals surface area contributed by atoms with Gasteiger partial charge in [-0.2, -0.15) is 0 Å². The molecule has 6 nitrogen and oxygen atoms in total. The number of nitrogens with one attached hydrogen (secondary N) is 2. The zero-order valence-electron chi connectivity index (χ0n) is 14.5. The number of benzene rings is 1. The Morgan fingerprint density at radius 2 is 2.21 bits per heavy atom. The first-order valence-corrected chi connectivity index (χ1v) is 8.39. The summed E-state index contributed by atoms with van der Waals surface area (Å²) >= 11 is 0. The van der Waals surface area contributed by atoms with Crippen molar-refractivity contribution in [2.24, 2.45) is 4.99 Å². The molecule has 2 N–H and O–H groups in total. The Bertz CT molecular complexity index is 528. The zero-order valence-corrected chi connectivity index (χ0v) is 14.5. The molecule has 0 bridgehead atoms. The lowest BCUT2D eigenvalue weighted by molar-refractivity contribution is 0.0322. The Kier molecular flexibility index (Phi) is 8.13. The molecule has 0 spiro atoms. The molecule has 0 atom stereocenters. The Balaban J connectivity index is 1.74. The van der Waals surface area contributed by atoms with Crippen LogP contribution in [-0.4, -0.2) is 63.9 Å². The van der Waals surface area contributed by atoms with E-state index in [-0.39, 0.29) is 0 Å². The van der Waals surface area contributed by atoms with Crippen molar-refractivity contribution in [2.75, 3.05) is 53.0 Å². The lowest BCUT2D eigenvalue weighted by Gasteiger charge is -2.26. The maximum absolute atomic E-state index is 5.88. The van der Waals surface area contributed by atoms with Crippen molar-refractivity contribution < 1.29 is 9.47 Å². The standard InChI is InChI=1S/C18H28N4O2/c1-3-7-20-18(19-2)21-15-16-5-4-6-17(14-16)24-13-10-22-8-11-23-12-9-22/h3-6,14H,1,7-13,15H2,2H3,(H2,19,20,21). The number of morpholine rings is 1. The molecule has 1 aromatic carbocycles. The van der Waals surface area contributed by atoms with Gasteiger partial charge in [-0.25, -0.2) is 0 Å². The van der Waals surface area contributed by atoms with Gasteiger partial charge in [-0.1, -0.05) is 18.2 Å². The normalized spacial score (nSPS) is 15.8. The molecule has 1 heterocycles. The highest BCUT2D eigenvalue weighted by Crippen LogP contribution is 2.13. The predicted octanol–water partition coefficient (Wildman–Crippen LogP) is 1.25. The van der Waals surface area contributed by atoms with Crippen LogP contribution in [0.5, 0.6) is 5.75 Å². The van der Waals surface area contributed by atoms with Crippen molar-refractivity contribution in [3.8, 4) is 5.75 Å². The van der Waals surface area contributed by atoms with Crippen molar-refractivity contribution in [3.05, 3.63) is 42.5 Å². The molecule has 0 unspecified atom stereocenters. The van der Waals surface area contributed by atoms with Gasteiger partial charge in [0, 0.05) is 39.8 Å². The van der Waals surface area contributed by atoms with Gasteiger partial charge in [0.1, 0.15) is 12.4 Å². The van der Waals surface area contributed by atoms with Crippen LogP contribution in [0.15, 0.2) is 41.9 Å². The third-order valence-electron chi connectivity index (χ3n) is 3.78. The van der Waals surface area contributed by atoms with E-state index in [0.29, 0.717) is 19.7 Å². The van der Waals surface area contributed by atoms with Crippen molar-refractivity contribution in [2.45, 2.75) is 6.54 Å². The van der Waals surface area contributed by atoms with Gasteiger partial charge >= 0.3 is 0 Å². The van der Waals surface area contributed by atoms with Crippen LogP contribution >= 0.6 is 0 Å². The van der Waals surface area contributed by atoms with E-state index in [4.69, 9.17) is 9.47 Å². The zero-order chi connectivity index (χ0) is 17.0. The molecular formula is C18H28N4O2. The summed E-state index contributed by atoms with van der Waals surface area (Å²) in [7, 11) is 1.75. The maximum Gasteiger partial charge on any atom is 0.191 e. The van der Waals surface area contributed by atoms with Crippen molar-refractivity contribution in [1.82, 2.24) is 15.5 Å². The van der Waals surface area contributed by atoms with Gasteiger partial charge in [0.25, 0.3) is 0 Å². The highest BCUT2D eigenvalue weighted by Gasteiger charge is 2.09. The first-order valence-electron chi connectivity index (χ1n) is 8.39. The molecule has 24 heavy (non-hydrogen) atoms. The topological polar surface area (TPSA) is 58.1 Å². The van der Waals surface area contributed by atoms with Gasteiger partial charge in [0.2, 0.25) is 0 Å². The highest BCUT2D eigenvalue weighted by atomic mass is 16.5. The quantitative estimate of drug-likeness (QED) is 0.426. The molecule has 0 aromatic heterocycles. The molecule has 2 rings (SSSR count). The largest absolute Gasteiger partial charge is 0.492 e. The van der Waals surface area contributed by atoms with Gasteiger partial charge in [0.15, 0.2) is 5.96 Å². The Morgan fingerprint density at radius 1 is 1.38 bits per heavy atom. The molecule has 132 valence electrons. The van der Waals surface area contributed by atoms with E-state index in [0.717, 1.165) is 50.1 Å². The summed E-state index contributed by atoms with van der Waals surface area (Å²) in [6.07, 6.45) is 1.80. The molecule has 0 amide bonds. The van der Waals surface area contributed by atoms with Crippen LogP contribution < -0.4 is 15.4 Å². The number of ether oxygens (including phenoxy) is 2. The van der Waals surface area contributed by atoms with Crippen LogP contribution in [-0.2, 0) is 11.3 Å². The lowest BCUT2D eigenvalue weighted by Crippen LogP contribution is -2.38. The number of rotatable bonds is 8. The van der Waals surface area contributed by atoms with E-state index in [2.05, 4.69) is 39.2 Å². The van der Waals surface area contributed by atoms with Crippen molar-refractivity contribution in [3.63, 3.8) is 0 Å². The van der Waals surface area contributed by atoms with Crippen LogP contribution in [0.4, 0.5) is 0 Å². The molecule has 1 aromatic rings. The summed E-state index contributed by atoms with van der Waals surface area (Å²) < 4.78 is 11.2. The molecule has 1 saturated heterocycles. The van der Waals surface area contributed by atoms with E-state index in [9.17, 15) is 0 Å². The third-order valence-corrected chi connectivity index (χ3v) is 3.78. The Hall–Kier alpha value is -2.05. The van der Waals surface area contributed by atoms with E-state index in [1.54, 1.807) is 13.1 Å². The first-order chi connectivity index (χ1) is 11.8. The second kappa shape index (κ2) is 10.7. The number of nitrogens with zero attached hydrogens (tertiary/aromatic N) is 2. The minimum Gasteiger partial charge on any atom is -0.492 e. The molecule has 6 heteroatoms. The SMILES string of the molecule is C=CCNC(=NC)NCc1cccc(OCCN2CCOCC2)c1. The molecule has 0 saturated carbocycles. The predicted molar refractivity (Wildman–Crippen MR) is 97.6 cm³/mol. The van der Waals surface area contributed by atoms with Crippen LogP contribution in [0.3, 0.4) is 0 Å². The van der Waals surface area contributed by atoms with Gasteiger partial charge in [-0.15, -0.1) is 6.58 Å². The van der Waals surface area contributed by atoms with E-state index < -0.39 is 0 Å². The summed E-state index contributed by atoms with van der Waals surface area (Å²) in [4.78, 5) is 6.53. The van der Waals surface area contributed by atoms with Crippen LogP contribution in [0, 0.1) is 0 Å². The summed E-state index contributed by atoms with van der Waals surface area (Å²) in [6.45, 7) is 10.3. The fourth-order valence-electron chi connectivity index (χ4n) is 2.44. The van der Waals surface area contributed by atoms with Crippen molar-refractivity contribution >= 4 is 5.96 Å². The fourth-order valence-corrected chi connectivity index (χ4v) is 2.44. The average Bonchev–Trinajstić information content (AvgIpc) is 2.63.